The van der Waals surface area contributed by atoms with Crippen molar-refractivity contribution in [2.24, 2.45) is 17.8 Å². The highest BCUT2D eigenvalue weighted by Crippen LogP contribution is 2.58. The third kappa shape index (κ3) is 5.06. The Balaban J connectivity index is 1.44. The number of ether oxygens (including phenoxy) is 2. The highest BCUT2D eigenvalue weighted by Gasteiger charge is 2.75. The fourth-order valence-corrected chi connectivity index (χ4v) is 7.75. The van der Waals surface area contributed by atoms with E-state index in [4.69, 9.17) is 9.47 Å². The highest BCUT2D eigenvalue weighted by molar-refractivity contribution is 6.04. The Morgan fingerprint density at radius 1 is 0.933 bits per heavy atom. The van der Waals surface area contributed by atoms with Crippen molar-refractivity contribution in [2.75, 3.05) is 31.2 Å². The normalized spacial score (nSPS) is 30.5. The molecule has 3 amide bonds. The van der Waals surface area contributed by atoms with Crippen molar-refractivity contribution in [3.8, 4) is 5.75 Å². The van der Waals surface area contributed by atoms with E-state index in [1.807, 2.05) is 107 Å². The van der Waals surface area contributed by atoms with Gasteiger partial charge in [-0.1, -0.05) is 74.9 Å². The minimum atomic E-state index is -1.39. The van der Waals surface area contributed by atoms with Crippen molar-refractivity contribution in [3.05, 3.63) is 84.5 Å². The van der Waals surface area contributed by atoms with Crippen LogP contribution >= 0.6 is 0 Å². The van der Waals surface area contributed by atoms with Crippen LogP contribution in [0.15, 0.2) is 78.9 Å². The van der Waals surface area contributed by atoms with Gasteiger partial charge in [0.1, 0.15) is 17.4 Å². The Hall–Kier alpha value is -3.95. The van der Waals surface area contributed by atoms with Crippen molar-refractivity contribution in [1.82, 2.24) is 9.80 Å². The van der Waals surface area contributed by atoms with E-state index in [0.717, 1.165) is 5.56 Å². The van der Waals surface area contributed by atoms with Crippen LogP contribution in [0.5, 0.6) is 5.75 Å². The molecule has 0 radical (unpaired) electrons. The van der Waals surface area contributed by atoms with Crippen LogP contribution in [0.4, 0.5) is 5.69 Å². The van der Waals surface area contributed by atoms with Gasteiger partial charge in [0.2, 0.25) is 17.7 Å². The number of anilines is 1. The number of likely N-dealkylation sites (tertiary alicyclic amines) is 1. The summed E-state index contributed by atoms with van der Waals surface area (Å²) in [4.78, 5) is 49.1. The first-order chi connectivity index (χ1) is 21.7. The Bertz CT molecular complexity index is 1490. The average molecular weight is 614 g/mol. The van der Waals surface area contributed by atoms with Gasteiger partial charge in [-0.05, 0) is 49.6 Å². The first kappa shape index (κ1) is 31.0. The second-order valence-corrected chi connectivity index (χ2v) is 12.8. The van der Waals surface area contributed by atoms with Crippen LogP contribution in [-0.4, -0.2) is 82.2 Å². The number of fused-ring (bicyclic) bond motifs is 2. The maximum Gasteiger partial charge on any atom is 0.249 e. The predicted octanol–water partition coefficient (Wildman–Crippen LogP) is 3.96. The minimum absolute atomic E-state index is 0.0890. The Labute approximate surface area is 265 Å². The van der Waals surface area contributed by atoms with Gasteiger partial charge >= 0.3 is 0 Å². The summed E-state index contributed by atoms with van der Waals surface area (Å²) in [5.74, 6) is -2.05. The third-order valence-electron chi connectivity index (χ3n) is 10.1. The van der Waals surface area contributed by atoms with E-state index in [1.54, 1.807) is 14.7 Å². The summed E-state index contributed by atoms with van der Waals surface area (Å²) in [6, 6.07) is 15.4. The number of carbonyl (C=O) groups is 3. The van der Waals surface area contributed by atoms with E-state index < -0.39 is 35.1 Å². The molecule has 0 saturated carbocycles. The second kappa shape index (κ2) is 12.1. The van der Waals surface area contributed by atoms with Crippen molar-refractivity contribution in [2.45, 2.75) is 63.9 Å². The summed E-state index contributed by atoms with van der Waals surface area (Å²) in [6.45, 7) is 8.99. The van der Waals surface area contributed by atoms with Gasteiger partial charge in [-0.3, -0.25) is 14.4 Å². The van der Waals surface area contributed by atoms with Crippen molar-refractivity contribution in [1.29, 1.82) is 0 Å². The van der Waals surface area contributed by atoms with E-state index in [1.165, 1.54) is 0 Å². The Morgan fingerprint density at radius 2 is 1.64 bits per heavy atom. The van der Waals surface area contributed by atoms with Gasteiger partial charge in [0.25, 0.3) is 0 Å². The fraction of sp³-hybridized carbons (Fsp3) is 0.472. The zero-order chi connectivity index (χ0) is 31.9. The predicted molar refractivity (Wildman–Crippen MR) is 170 cm³/mol. The van der Waals surface area contributed by atoms with Gasteiger partial charge in [0.15, 0.2) is 0 Å². The third-order valence-corrected chi connectivity index (χ3v) is 10.1. The average Bonchev–Trinajstić information content (AvgIpc) is 3.31. The van der Waals surface area contributed by atoms with E-state index >= 15 is 0 Å². The number of hydrogen-bond donors (Lipinski definition) is 1. The number of hydrogen-bond acceptors (Lipinski definition) is 6. The number of benzene rings is 2. The molecule has 2 aromatic rings. The molecule has 7 atom stereocenters. The van der Waals surface area contributed by atoms with Gasteiger partial charge in [0, 0.05) is 25.3 Å². The molecular weight excluding hydrogens is 570 g/mol. The smallest absolute Gasteiger partial charge is 0.249 e. The van der Waals surface area contributed by atoms with E-state index in [0.29, 0.717) is 44.1 Å². The van der Waals surface area contributed by atoms with Crippen LogP contribution in [0, 0.1) is 17.8 Å². The molecular formula is C36H43N3O6. The number of rotatable bonds is 9. The summed E-state index contributed by atoms with van der Waals surface area (Å²) < 4.78 is 12.6. The molecule has 4 heterocycles. The van der Waals surface area contributed by atoms with Crippen LogP contribution < -0.4 is 9.64 Å². The highest BCUT2D eigenvalue weighted by atomic mass is 16.5. The lowest BCUT2D eigenvalue weighted by Crippen LogP contribution is -2.59. The lowest BCUT2D eigenvalue weighted by molar-refractivity contribution is -0.155. The second-order valence-electron chi connectivity index (χ2n) is 12.8. The van der Waals surface area contributed by atoms with Crippen LogP contribution in [0.25, 0.3) is 0 Å². The standard InChI is InChI=1S/C36H43N3O6/c1-5-24(3)28(23-40)39-31-34(43)37(22-25-12-8-7-9-13-25)20-11-19-36(31)30(33(39)42)29-32(41)38(21-10-18-35(29,4)45-36)26-14-16-27(17-15-26)44-6-2/h7-19,24,28-31,40H,5-6,20-23H2,1-4H3/t24-,28-,29-,30-,31?,35+,36-/m0/s1. The summed E-state index contributed by atoms with van der Waals surface area (Å²) >= 11 is 0. The Kier molecular flexibility index (Phi) is 8.35. The van der Waals surface area contributed by atoms with Gasteiger partial charge in [-0.25, -0.2) is 0 Å². The van der Waals surface area contributed by atoms with Crippen molar-refractivity contribution >= 4 is 23.4 Å². The van der Waals surface area contributed by atoms with Gasteiger partial charge in [-0.2, -0.15) is 0 Å². The number of aliphatic hydroxyl groups is 1. The van der Waals surface area contributed by atoms with E-state index in [9.17, 15) is 19.5 Å². The monoisotopic (exact) mass is 613 g/mol. The van der Waals surface area contributed by atoms with Crippen LogP contribution in [0.3, 0.4) is 0 Å². The number of aliphatic hydroxyl groups excluding tert-OH is 1. The number of nitrogens with zero attached hydrogens (tertiary/aromatic N) is 3. The molecule has 45 heavy (non-hydrogen) atoms. The number of carbonyl (C=O) groups excluding carboxylic acids is 3. The molecule has 6 rings (SSSR count). The van der Waals surface area contributed by atoms with Gasteiger partial charge in [0.05, 0.1) is 36.7 Å². The first-order valence-electron chi connectivity index (χ1n) is 16.0. The molecule has 1 spiro atoms. The molecule has 9 nitrogen and oxygen atoms in total. The van der Waals surface area contributed by atoms with Crippen LogP contribution in [-0.2, 0) is 25.7 Å². The molecule has 2 saturated heterocycles. The van der Waals surface area contributed by atoms with Crippen molar-refractivity contribution in [3.63, 3.8) is 0 Å². The molecule has 0 bridgehead atoms. The fourth-order valence-electron chi connectivity index (χ4n) is 7.75. The molecule has 0 aromatic heterocycles. The van der Waals surface area contributed by atoms with Crippen LogP contribution in [0.1, 0.15) is 39.7 Å². The molecule has 4 aliphatic heterocycles. The quantitative estimate of drug-likeness (QED) is 0.430. The molecule has 4 aliphatic rings. The van der Waals surface area contributed by atoms with E-state index in [2.05, 4.69) is 0 Å². The summed E-state index contributed by atoms with van der Waals surface area (Å²) in [7, 11) is 0. The Morgan fingerprint density at radius 3 is 2.31 bits per heavy atom. The first-order valence-corrected chi connectivity index (χ1v) is 16.0. The van der Waals surface area contributed by atoms with Crippen LogP contribution in [0.2, 0.25) is 0 Å². The zero-order valence-electron chi connectivity index (χ0n) is 26.5. The van der Waals surface area contributed by atoms with E-state index in [-0.39, 0.29) is 30.2 Å². The topological polar surface area (TPSA) is 99.6 Å². The largest absolute Gasteiger partial charge is 0.494 e. The summed E-state index contributed by atoms with van der Waals surface area (Å²) in [5.41, 5.74) is -0.864. The van der Waals surface area contributed by atoms with Crippen molar-refractivity contribution < 1.29 is 29.0 Å². The summed E-state index contributed by atoms with van der Waals surface area (Å²) in [5, 5.41) is 10.7. The minimum Gasteiger partial charge on any atom is -0.494 e. The molecule has 1 unspecified atom stereocenters. The lowest BCUT2D eigenvalue weighted by atomic mass is 9.74. The number of amides is 3. The zero-order valence-corrected chi connectivity index (χ0v) is 26.5. The molecule has 238 valence electrons. The molecule has 1 N–H and O–H groups in total. The summed E-state index contributed by atoms with van der Waals surface area (Å²) in [6.07, 6.45) is 8.25. The molecule has 2 fully saturated rings. The SMILES string of the molecule is CCOc1ccc(N2CC=C[C@@]3(C)O[C@]45C=CCN(Cc6ccccc6)C(=O)C4N([C@@H](CO)[C@@H](C)CC)C(=O)[C@@H]5[C@H]3C2=O)cc1. The molecule has 9 heteroatoms. The molecule has 0 aliphatic carbocycles. The van der Waals surface area contributed by atoms with Gasteiger partial charge < -0.3 is 29.3 Å². The lowest BCUT2D eigenvalue weighted by Gasteiger charge is -2.41. The maximum atomic E-state index is 14.8. The maximum absolute atomic E-state index is 14.8. The molecule has 2 aromatic carbocycles. The van der Waals surface area contributed by atoms with Gasteiger partial charge in [-0.15, -0.1) is 0 Å².